The molecule has 0 unspecified atom stereocenters. The van der Waals surface area contributed by atoms with Gasteiger partial charge in [-0.2, -0.15) is 0 Å². The van der Waals surface area contributed by atoms with Crippen LogP contribution in [0, 0.1) is 5.82 Å². The van der Waals surface area contributed by atoms with Crippen molar-refractivity contribution in [3.05, 3.63) is 71.0 Å². The maximum atomic E-state index is 12.9. The summed E-state index contributed by atoms with van der Waals surface area (Å²) >= 11 is 1.54. The number of nitrogens with zero attached hydrogens (tertiary/aromatic N) is 1. The van der Waals surface area contributed by atoms with Gasteiger partial charge < -0.3 is 5.32 Å². The summed E-state index contributed by atoms with van der Waals surface area (Å²) in [5, 5.41) is 2.96. The molecule has 0 atom stereocenters. The third kappa shape index (κ3) is 7.00. The SMILES string of the molecule is O=C(CSCc1ccc(F)cc1)NCc1ccc(CN2CCCCC2)cc1. The molecule has 3 nitrogen and oxygen atoms in total. The van der Waals surface area contributed by atoms with Gasteiger partial charge in [-0.25, -0.2) is 4.39 Å². The van der Waals surface area contributed by atoms with Crippen LogP contribution in [0.15, 0.2) is 48.5 Å². The lowest BCUT2D eigenvalue weighted by Gasteiger charge is -2.26. The maximum Gasteiger partial charge on any atom is 0.230 e. The molecule has 1 fully saturated rings. The Balaban J connectivity index is 1.35. The zero-order chi connectivity index (χ0) is 18.9. The van der Waals surface area contributed by atoms with Gasteiger partial charge in [0, 0.05) is 18.8 Å². The summed E-state index contributed by atoms with van der Waals surface area (Å²) in [6, 6.07) is 14.9. The number of halogens is 1. The third-order valence-corrected chi connectivity index (χ3v) is 5.79. The number of hydrogen-bond acceptors (Lipinski definition) is 3. The van der Waals surface area contributed by atoms with Gasteiger partial charge in [0.1, 0.15) is 5.82 Å². The standard InChI is InChI=1S/C22H27FN2OS/c23-21-10-8-20(9-11-21)16-27-17-22(26)24-14-18-4-6-19(7-5-18)15-25-12-2-1-3-13-25/h4-11H,1-3,12-17H2,(H,24,26). The van der Waals surface area contributed by atoms with Gasteiger partial charge in [0.25, 0.3) is 0 Å². The fourth-order valence-electron chi connectivity index (χ4n) is 3.23. The number of rotatable bonds is 8. The van der Waals surface area contributed by atoms with E-state index >= 15 is 0 Å². The van der Waals surface area contributed by atoms with E-state index in [4.69, 9.17) is 0 Å². The fourth-order valence-corrected chi connectivity index (χ4v) is 4.05. The largest absolute Gasteiger partial charge is 0.351 e. The Morgan fingerprint density at radius 2 is 1.56 bits per heavy atom. The monoisotopic (exact) mass is 386 g/mol. The van der Waals surface area contributed by atoms with Gasteiger partial charge in [0.05, 0.1) is 5.75 Å². The highest BCUT2D eigenvalue weighted by Gasteiger charge is 2.10. The van der Waals surface area contributed by atoms with Crippen molar-refractivity contribution in [2.75, 3.05) is 18.8 Å². The lowest BCUT2D eigenvalue weighted by atomic mass is 10.1. The molecule has 1 N–H and O–H groups in total. The first-order valence-electron chi connectivity index (χ1n) is 9.58. The Bertz CT molecular complexity index is 712. The minimum Gasteiger partial charge on any atom is -0.351 e. The van der Waals surface area contributed by atoms with E-state index in [1.807, 2.05) is 0 Å². The van der Waals surface area contributed by atoms with Crippen LogP contribution < -0.4 is 5.32 Å². The average molecular weight is 387 g/mol. The van der Waals surface area contributed by atoms with Gasteiger partial charge in [-0.1, -0.05) is 42.8 Å². The number of benzene rings is 2. The number of hydrogen-bond donors (Lipinski definition) is 1. The lowest BCUT2D eigenvalue weighted by Crippen LogP contribution is -2.29. The topological polar surface area (TPSA) is 32.3 Å². The fraction of sp³-hybridized carbons (Fsp3) is 0.409. The second-order valence-electron chi connectivity index (χ2n) is 7.05. The minimum atomic E-state index is -0.233. The van der Waals surface area contributed by atoms with Gasteiger partial charge in [-0.15, -0.1) is 11.8 Å². The smallest absolute Gasteiger partial charge is 0.230 e. The third-order valence-electron chi connectivity index (χ3n) is 4.78. The van der Waals surface area contributed by atoms with Crippen molar-refractivity contribution in [1.29, 1.82) is 0 Å². The van der Waals surface area contributed by atoms with Crippen molar-refractivity contribution in [2.24, 2.45) is 0 Å². The first-order chi connectivity index (χ1) is 13.2. The van der Waals surface area contributed by atoms with Gasteiger partial charge in [0.2, 0.25) is 5.91 Å². The minimum absolute atomic E-state index is 0.0273. The van der Waals surface area contributed by atoms with E-state index in [0.717, 1.165) is 17.7 Å². The Morgan fingerprint density at radius 3 is 2.26 bits per heavy atom. The summed E-state index contributed by atoms with van der Waals surface area (Å²) in [6.07, 6.45) is 3.98. The quantitative estimate of drug-likeness (QED) is 0.732. The van der Waals surface area contributed by atoms with Gasteiger partial charge in [0.15, 0.2) is 0 Å². The molecule has 0 bridgehead atoms. The van der Waals surface area contributed by atoms with E-state index in [-0.39, 0.29) is 11.7 Å². The predicted molar refractivity (Wildman–Crippen MR) is 110 cm³/mol. The highest BCUT2D eigenvalue weighted by Crippen LogP contribution is 2.14. The number of carbonyl (C=O) groups is 1. The van der Waals surface area contributed by atoms with Crippen LogP contribution in [-0.2, 0) is 23.6 Å². The van der Waals surface area contributed by atoms with Crippen LogP contribution in [0.1, 0.15) is 36.0 Å². The summed E-state index contributed by atoms with van der Waals surface area (Å²) in [7, 11) is 0. The van der Waals surface area contributed by atoms with Crippen molar-refractivity contribution >= 4 is 17.7 Å². The molecule has 1 aliphatic heterocycles. The van der Waals surface area contributed by atoms with Crippen LogP contribution in [0.25, 0.3) is 0 Å². The summed E-state index contributed by atoms with van der Waals surface area (Å²) < 4.78 is 12.9. The highest BCUT2D eigenvalue weighted by atomic mass is 32.2. The van der Waals surface area contributed by atoms with Crippen LogP contribution in [0.4, 0.5) is 4.39 Å². The first kappa shape index (κ1) is 19.9. The van der Waals surface area contributed by atoms with Crippen LogP contribution >= 0.6 is 11.8 Å². The summed E-state index contributed by atoms with van der Waals surface area (Å²) in [4.78, 5) is 14.5. The van der Waals surface area contributed by atoms with E-state index in [0.29, 0.717) is 18.1 Å². The molecule has 0 aromatic heterocycles. The number of thioether (sulfide) groups is 1. The number of carbonyl (C=O) groups excluding carboxylic acids is 1. The zero-order valence-corrected chi connectivity index (χ0v) is 16.4. The van der Waals surface area contributed by atoms with Crippen molar-refractivity contribution in [3.8, 4) is 0 Å². The molecule has 0 aliphatic carbocycles. The first-order valence-corrected chi connectivity index (χ1v) is 10.7. The van der Waals surface area contributed by atoms with Crippen molar-refractivity contribution in [2.45, 2.75) is 38.1 Å². The second-order valence-corrected chi connectivity index (χ2v) is 8.03. The molecule has 0 radical (unpaired) electrons. The molecule has 5 heteroatoms. The molecular weight excluding hydrogens is 359 g/mol. The normalized spacial score (nSPS) is 14.9. The molecular formula is C22H27FN2OS. The Labute approximate surface area is 165 Å². The Morgan fingerprint density at radius 1 is 0.926 bits per heavy atom. The molecule has 2 aromatic rings. The van der Waals surface area contributed by atoms with Gasteiger partial charge in [-0.3, -0.25) is 9.69 Å². The maximum absolute atomic E-state index is 12.9. The van der Waals surface area contributed by atoms with E-state index in [1.54, 1.807) is 12.1 Å². The average Bonchev–Trinajstić information content (AvgIpc) is 2.70. The Kier molecular flexibility index (Phi) is 7.72. The molecule has 1 heterocycles. The van der Waals surface area contributed by atoms with Gasteiger partial charge >= 0.3 is 0 Å². The van der Waals surface area contributed by atoms with Crippen LogP contribution in [0.3, 0.4) is 0 Å². The number of amides is 1. The van der Waals surface area contributed by atoms with E-state index in [2.05, 4.69) is 34.5 Å². The summed E-state index contributed by atoms with van der Waals surface area (Å²) in [6.45, 7) is 3.98. The highest BCUT2D eigenvalue weighted by molar-refractivity contribution is 7.99. The van der Waals surface area contributed by atoms with E-state index in [1.165, 1.54) is 61.8 Å². The Hall–Kier alpha value is -1.85. The van der Waals surface area contributed by atoms with Crippen LogP contribution in [0.5, 0.6) is 0 Å². The predicted octanol–water partition coefficient (Wildman–Crippen LogP) is 4.36. The molecule has 144 valence electrons. The zero-order valence-electron chi connectivity index (χ0n) is 15.6. The van der Waals surface area contributed by atoms with E-state index in [9.17, 15) is 9.18 Å². The van der Waals surface area contributed by atoms with Gasteiger partial charge in [-0.05, 0) is 54.8 Å². The number of likely N-dealkylation sites (tertiary alicyclic amines) is 1. The van der Waals surface area contributed by atoms with Crippen molar-refractivity contribution in [1.82, 2.24) is 10.2 Å². The van der Waals surface area contributed by atoms with Crippen molar-refractivity contribution < 1.29 is 9.18 Å². The second kappa shape index (κ2) is 10.5. The molecule has 1 aliphatic rings. The van der Waals surface area contributed by atoms with Crippen molar-refractivity contribution in [3.63, 3.8) is 0 Å². The van der Waals surface area contributed by atoms with Crippen LogP contribution in [-0.4, -0.2) is 29.6 Å². The molecule has 0 spiro atoms. The molecule has 1 saturated heterocycles. The van der Waals surface area contributed by atoms with E-state index < -0.39 is 0 Å². The molecule has 27 heavy (non-hydrogen) atoms. The lowest BCUT2D eigenvalue weighted by molar-refractivity contribution is -0.118. The molecule has 2 aromatic carbocycles. The number of piperidine rings is 1. The summed E-state index contributed by atoms with van der Waals surface area (Å²) in [5.41, 5.74) is 3.48. The summed E-state index contributed by atoms with van der Waals surface area (Å²) in [5.74, 6) is 0.909. The molecule has 3 rings (SSSR count). The molecule has 1 amide bonds. The van der Waals surface area contributed by atoms with Crippen LogP contribution in [0.2, 0.25) is 0 Å². The molecule has 0 saturated carbocycles. The number of nitrogens with one attached hydrogen (secondary N) is 1.